The maximum absolute atomic E-state index is 12.3. The van der Waals surface area contributed by atoms with Gasteiger partial charge in [0.1, 0.15) is 6.54 Å². The molecule has 0 saturated carbocycles. The third kappa shape index (κ3) is 3.28. The van der Waals surface area contributed by atoms with Crippen LogP contribution in [-0.4, -0.2) is 32.8 Å². The SMILES string of the molecule is COC(=O)c1cccc(N)c1N(C)CC(F)(F)F. The number of alkyl halides is 3. The third-order valence-corrected chi connectivity index (χ3v) is 2.27. The van der Waals surface area contributed by atoms with E-state index in [0.717, 1.165) is 12.0 Å². The first-order valence-electron chi connectivity index (χ1n) is 5.01. The van der Waals surface area contributed by atoms with Crippen LogP contribution in [0.1, 0.15) is 10.4 Å². The smallest absolute Gasteiger partial charge is 0.405 e. The van der Waals surface area contributed by atoms with Crippen LogP contribution in [0.2, 0.25) is 0 Å². The molecule has 0 aliphatic rings. The van der Waals surface area contributed by atoms with Crippen molar-refractivity contribution in [3.63, 3.8) is 0 Å². The number of para-hydroxylation sites is 1. The Hall–Kier alpha value is -1.92. The molecule has 0 aliphatic heterocycles. The fourth-order valence-electron chi connectivity index (χ4n) is 1.61. The van der Waals surface area contributed by atoms with E-state index in [1.807, 2.05) is 0 Å². The zero-order valence-corrected chi connectivity index (χ0v) is 9.91. The van der Waals surface area contributed by atoms with Gasteiger partial charge in [0, 0.05) is 7.05 Å². The lowest BCUT2D eigenvalue weighted by Gasteiger charge is -2.24. The summed E-state index contributed by atoms with van der Waals surface area (Å²) in [5, 5.41) is 0. The molecule has 0 unspecified atom stereocenters. The van der Waals surface area contributed by atoms with Crippen molar-refractivity contribution in [2.24, 2.45) is 0 Å². The Bertz CT molecular complexity index is 446. The van der Waals surface area contributed by atoms with Crippen molar-refractivity contribution in [3.05, 3.63) is 23.8 Å². The molecule has 2 N–H and O–H groups in total. The monoisotopic (exact) mass is 262 g/mol. The second-order valence-corrected chi connectivity index (χ2v) is 3.71. The van der Waals surface area contributed by atoms with E-state index in [1.54, 1.807) is 0 Å². The van der Waals surface area contributed by atoms with Crippen molar-refractivity contribution in [1.29, 1.82) is 0 Å². The number of esters is 1. The van der Waals surface area contributed by atoms with Crippen LogP contribution >= 0.6 is 0 Å². The van der Waals surface area contributed by atoms with Gasteiger partial charge in [-0.3, -0.25) is 0 Å². The Morgan fingerprint density at radius 1 is 1.44 bits per heavy atom. The summed E-state index contributed by atoms with van der Waals surface area (Å²) in [5.74, 6) is -0.730. The summed E-state index contributed by atoms with van der Waals surface area (Å²) < 4.78 is 41.5. The molecule has 1 aromatic carbocycles. The van der Waals surface area contributed by atoms with Crippen molar-refractivity contribution < 1.29 is 22.7 Å². The molecule has 0 heterocycles. The van der Waals surface area contributed by atoms with Gasteiger partial charge in [-0.2, -0.15) is 13.2 Å². The Labute approximate surface area is 102 Å². The summed E-state index contributed by atoms with van der Waals surface area (Å²) in [7, 11) is 2.37. The van der Waals surface area contributed by atoms with Gasteiger partial charge in [-0.25, -0.2) is 4.79 Å². The van der Waals surface area contributed by atoms with Crippen LogP contribution in [0.5, 0.6) is 0 Å². The van der Waals surface area contributed by atoms with Gasteiger partial charge >= 0.3 is 12.1 Å². The fraction of sp³-hybridized carbons (Fsp3) is 0.364. The Balaban J connectivity index is 3.17. The molecule has 0 spiro atoms. The van der Waals surface area contributed by atoms with E-state index in [1.165, 1.54) is 25.2 Å². The molecule has 0 amide bonds. The molecule has 7 heteroatoms. The van der Waals surface area contributed by atoms with Gasteiger partial charge in [0.2, 0.25) is 0 Å². The standard InChI is InChI=1S/C11H13F3N2O2/c1-16(6-11(12,13)14)9-7(10(17)18-2)4-3-5-8(9)15/h3-5H,6,15H2,1-2H3. The minimum atomic E-state index is -4.38. The van der Waals surface area contributed by atoms with Crippen LogP contribution in [0.15, 0.2) is 18.2 Å². The van der Waals surface area contributed by atoms with Crippen molar-refractivity contribution >= 4 is 17.3 Å². The molecule has 1 aromatic rings. The minimum absolute atomic E-state index is 0.00394. The summed E-state index contributed by atoms with van der Waals surface area (Å²) in [6.45, 7) is -1.20. The highest BCUT2D eigenvalue weighted by Gasteiger charge is 2.31. The number of hydrogen-bond donors (Lipinski definition) is 1. The van der Waals surface area contributed by atoms with Gasteiger partial charge in [0.15, 0.2) is 0 Å². The van der Waals surface area contributed by atoms with Crippen molar-refractivity contribution in [3.8, 4) is 0 Å². The van der Waals surface area contributed by atoms with Crippen LogP contribution in [0.3, 0.4) is 0 Å². The maximum Gasteiger partial charge on any atom is 0.405 e. The summed E-state index contributed by atoms with van der Waals surface area (Å²) in [6, 6.07) is 4.27. The molecule has 1 rings (SSSR count). The lowest BCUT2D eigenvalue weighted by atomic mass is 10.1. The third-order valence-electron chi connectivity index (χ3n) is 2.27. The lowest BCUT2D eigenvalue weighted by Crippen LogP contribution is -2.32. The molecule has 18 heavy (non-hydrogen) atoms. The number of nitrogens with two attached hydrogens (primary N) is 1. The van der Waals surface area contributed by atoms with Crippen molar-refractivity contribution in [2.45, 2.75) is 6.18 Å². The maximum atomic E-state index is 12.3. The Morgan fingerprint density at radius 2 is 2.06 bits per heavy atom. The highest BCUT2D eigenvalue weighted by Crippen LogP contribution is 2.30. The number of rotatable bonds is 3. The minimum Gasteiger partial charge on any atom is -0.465 e. The molecule has 0 aliphatic carbocycles. The second kappa shape index (κ2) is 5.16. The average Bonchev–Trinajstić information content (AvgIpc) is 2.25. The largest absolute Gasteiger partial charge is 0.465 e. The van der Waals surface area contributed by atoms with Gasteiger partial charge in [0.05, 0.1) is 24.0 Å². The van der Waals surface area contributed by atoms with E-state index in [9.17, 15) is 18.0 Å². The molecule has 0 saturated heterocycles. The van der Waals surface area contributed by atoms with Gasteiger partial charge in [-0.05, 0) is 12.1 Å². The fourth-order valence-corrected chi connectivity index (χ4v) is 1.61. The predicted molar refractivity (Wildman–Crippen MR) is 61.5 cm³/mol. The summed E-state index contributed by atoms with van der Waals surface area (Å²) in [4.78, 5) is 12.3. The summed E-state index contributed by atoms with van der Waals surface area (Å²) >= 11 is 0. The second-order valence-electron chi connectivity index (χ2n) is 3.71. The molecule has 0 aromatic heterocycles. The van der Waals surface area contributed by atoms with Crippen LogP contribution in [-0.2, 0) is 4.74 Å². The number of benzene rings is 1. The zero-order valence-electron chi connectivity index (χ0n) is 9.91. The highest BCUT2D eigenvalue weighted by molar-refractivity contribution is 5.99. The first-order valence-corrected chi connectivity index (χ1v) is 5.01. The number of hydrogen-bond acceptors (Lipinski definition) is 4. The topological polar surface area (TPSA) is 55.6 Å². The number of carbonyl (C=O) groups is 1. The number of anilines is 2. The van der Waals surface area contributed by atoms with Crippen LogP contribution in [0.25, 0.3) is 0 Å². The molecular weight excluding hydrogens is 249 g/mol. The number of methoxy groups -OCH3 is 1. The number of carbonyl (C=O) groups excluding carboxylic acids is 1. The van der Waals surface area contributed by atoms with Crippen LogP contribution in [0, 0.1) is 0 Å². The normalized spacial score (nSPS) is 11.2. The molecule has 0 bridgehead atoms. The molecular formula is C11H13F3N2O2. The highest BCUT2D eigenvalue weighted by atomic mass is 19.4. The first kappa shape index (κ1) is 14.1. The van der Waals surface area contributed by atoms with Gasteiger partial charge in [0.25, 0.3) is 0 Å². The van der Waals surface area contributed by atoms with Crippen molar-refractivity contribution in [2.75, 3.05) is 31.3 Å². The van der Waals surface area contributed by atoms with E-state index in [-0.39, 0.29) is 16.9 Å². The quantitative estimate of drug-likeness (QED) is 0.669. The van der Waals surface area contributed by atoms with Crippen molar-refractivity contribution in [1.82, 2.24) is 0 Å². The number of nitrogens with zero attached hydrogens (tertiary/aromatic N) is 1. The predicted octanol–water partition coefficient (Wildman–Crippen LogP) is 2.05. The first-order chi connectivity index (χ1) is 8.26. The van der Waals surface area contributed by atoms with E-state index < -0.39 is 18.7 Å². The molecule has 0 atom stereocenters. The summed E-state index contributed by atoms with van der Waals surface area (Å²) in [5.41, 5.74) is 5.72. The van der Waals surface area contributed by atoms with E-state index in [4.69, 9.17) is 5.73 Å². The van der Waals surface area contributed by atoms with Gasteiger partial charge in [-0.15, -0.1) is 0 Å². The molecule has 4 nitrogen and oxygen atoms in total. The Morgan fingerprint density at radius 3 is 2.56 bits per heavy atom. The Kier molecular flexibility index (Phi) is 4.05. The van der Waals surface area contributed by atoms with E-state index >= 15 is 0 Å². The van der Waals surface area contributed by atoms with Crippen LogP contribution in [0.4, 0.5) is 24.5 Å². The zero-order chi connectivity index (χ0) is 13.9. The number of nitrogen functional groups attached to an aromatic ring is 1. The average molecular weight is 262 g/mol. The summed E-state index contributed by atoms with van der Waals surface area (Å²) in [6.07, 6.45) is -4.38. The van der Waals surface area contributed by atoms with E-state index in [2.05, 4.69) is 4.74 Å². The van der Waals surface area contributed by atoms with Gasteiger partial charge in [-0.1, -0.05) is 6.07 Å². The lowest BCUT2D eigenvalue weighted by molar-refractivity contribution is -0.119. The number of halogens is 3. The molecule has 100 valence electrons. The number of ether oxygens (including phenoxy) is 1. The molecule has 0 fully saturated rings. The van der Waals surface area contributed by atoms with Gasteiger partial charge < -0.3 is 15.4 Å². The van der Waals surface area contributed by atoms with E-state index in [0.29, 0.717) is 0 Å². The molecule has 0 radical (unpaired) electrons. The van der Waals surface area contributed by atoms with Crippen LogP contribution < -0.4 is 10.6 Å².